The van der Waals surface area contributed by atoms with Crippen LogP contribution in [0.2, 0.25) is 0 Å². The Morgan fingerprint density at radius 1 is 1.83 bits per heavy atom. The molecule has 68 valence electrons. The molecular weight excluding hydrogens is 152 g/mol. The number of aliphatic hydroxyl groups is 1. The summed E-state index contributed by atoms with van der Waals surface area (Å²) in [4.78, 5) is 11.5. The minimum atomic E-state index is -0.556. The van der Waals surface area contributed by atoms with E-state index in [9.17, 15) is 9.90 Å². The molecule has 1 N–H and O–H groups in total. The highest BCUT2D eigenvalue weighted by atomic mass is 16.3. The van der Waals surface area contributed by atoms with Gasteiger partial charge in [0.2, 0.25) is 0 Å². The minimum Gasteiger partial charge on any atom is -0.392 e. The van der Waals surface area contributed by atoms with Gasteiger partial charge in [-0.1, -0.05) is 6.08 Å². The molecule has 0 saturated heterocycles. The van der Waals surface area contributed by atoms with Crippen LogP contribution in [0.1, 0.15) is 32.6 Å². The molecule has 0 amide bonds. The summed E-state index contributed by atoms with van der Waals surface area (Å²) >= 11 is 0. The molecule has 0 aromatic rings. The van der Waals surface area contributed by atoms with Crippen LogP contribution in [0.5, 0.6) is 0 Å². The van der Waals surface area contributed by atoms with Crippen LogP contribution in [0.4, 0.5) is 0 Å². The van der Waals surface area contributed by atoms with Crippen LogP contribution in [-0.4, -0.2) is 17.0 Å². The van der Waals surface area contributed by atoms with Crippen molar-refractivity contribution < 1.29 is 9.90 Å². The van der Waals surface area contributed by atoms with Crippen molar-refractivity contribution in [2.75, 3.05) is 0 Å². The third-order valence-electron chi connectivity index (χ3n) is 2.82. The Labute approximate surface area is 73.3 Å². The number of Topliss-reactive ketones (excluding diaryl/α,β-unsaturated/α-hetero) is 1. The predicted molar refractivity (Wildman–Crippen MR) is 47.8 cm³/mol. The van der Waals surface area contributed by atoms with Crippen molar-refractivity contribution >= 4 is 5.78 Å². The summed E-state index contributed by atoms with van der Waals surface area (Å²) in [6.45, 7) is 5.44. The van der Waals surface area contributed by atoms with Crippen LogP contribution in [-0.2, 0) is 4.79 Å². The summed E-state index contributed by atoms with van der Waals surface area (Å²) in [6.07, 6.45) is 4.01. The number of aliphatic hydroxyl groups excluding tert-OH is 1. The van der Waals surface area contributed by atoms with E-state index in [1.165, 1.54) is 0 Å². The van der Waals surface area contributed by atoms with E-state index in [1.54, 1.807) is 6.08 Å². The molecule has 1 fully saturated rings. The SMILES string of the molecule is C=CC[C@@]1(C)C(=O)CCC[C@H]1O. The summed E-state index contributed by atoms with van der Waals surface area (Å²) in [5.74, 6) is 0.182. The van der Waals surface area contributed by atoms with Gasteiger partial charge in [-0.2, -0.15) is 0 Å². The topological polar surface area (TPSA) is 37.3 Å². The maximum absolute atomic E-state index is 11.5. The van der Waals surface area contributed by atoms with Gasteiger partial charge in [0, 0.05) is 6.42 Å². The van der Waals surface area contributed by atoms with Gasteiger partial charge < -0.3 is 5.11 Å². The lowest BCUT2D eigenvalue weighted by Crippen LogP contribution is -2.42. The third kappa shape index (κ3) is 1.44. The lowest BCUT2D eigenvalue weighted by Gasteiger charge is -2.36. The molecule has 0 aliphatic heterocycles. The first kappa shape index (κ1) is 9.46. The number of hydrogen-bond acceptors (Lipinski definition) is 2. The maximum Gasteiger partial charge on any atom is 0.141 e. The first-order valence-electron chi connectivity index (χ1n) is 4.43. The van der Waals surface area contributed by atoms with E-state index < -0.39 is 11.5 Å². The second-order valence-electron chi connectivity index (χ2n) is 3.74. The Morgan fingerprint density at radius 3 is 3.00 bits per heavy atom. The van der Waals surface area contributed by atoms with Crippen LogP contribution < -0.4 is 0 Å². The molecule has 0 aromatic heterocycles. The van der Waals surface area contributed by atoms with Crippen LogP contribution in [0.25, 0.3) is 0 Å². The summed E-state index contributed by atoms with van der Waals surface area (Å²) in [5.41, 5.74) is -0.556. The van der Waals surface area contributed by atoms with Crippen molar-refractivity contribution in [3.63, 3.8) is 0 Å². The highest BCUT2D eigenvalue weighted by molar-refractivity contribution is 5.86. The van der Waals surface area contributed by atoms with E-state index in [1.807, 2.05) is 6.92 Å². The molecular formula is C10H16O2. The average molecular weight is 168 g/mol. The van der Waals surface area contributed by atoms with Crippen LogP contribution in [0, 0.1) is 5.41 Å². The zero-order valence-corrected chi connectivity index (χ0v) is 7.55. The van der Waals surface area contributed by atoms with Crippen molar-refractivity contribution in [1.29, 1.82) is 0 Å². The second-order valence-corrected chi connectivity index (χ2v) is 3.74. The number of rotatable bonds is 2. The monoisotopic (exact) mass is 168 g/mol. The van der Waals surface area contributed by atoms with Crippen molar-refractivity contribution in [2.24, 2.45) is 5.41 Å². The van der Waals surface area contributed by atoms with Gasteiger partial charge in [-0.25, -0.2) is 0 Å². The van der Waals surface area contributed by atoms with E-state index >= 15 is 0 Å². The molecule has 2 atom stereocenters. The standard InChI is InChI=1S/C10H16O2/c1-3-7-10(2)8(11)5-4-6-9(10)12/h3,8,11H,1,4-7H2,2H3/t8-,10-/m1/s1. The zero-order chi connectivity index (χ0) is 9.19. The summed E-state index contributed by atoms with van der Waals surface area (Å²) in [6, 6.07) is 0. The summed E-state index contributed by atoms with van der Waals surface area (Å²) < 4.78 is 0. The number of hydrogen-bond donors (Lipinski definition) is 1. The van der Waals surface area contributed by atoms with Gasteiger partial charge in [0.1, 0.15) is 5.78 Å². The van der Waals surface area contributed by atoms with E-state index in [2.05, 4.69) is 6.58 Å². The quantitative estimate of drug-likeness (QED) is 0.637. The number of ketones is 1. The molecule has 0 spiro atoms. The lowest BCUT2D eigenvalue weighted by atomic mass is 9.70. The molecule has 0 unspecified atom stereocenters. The largest absolute Gasteiger partial charge is 0.392 e. The minimum absolute atomic E-state index is 0.182. The van der Waals surface area contributed by atoms with Crippen molar-refractivity contribution in [3.8, 4) is 0 Å². The highest BCUT2D eigenvalue weighted by Crippen LogP contribution is 2.36. The molecule has 2 nitrogen and oxygen atoms in total. The second kappa shape index (κ2) is 3.40. The maximum atomic E-state index is 11.5. The van der Waals surface area contributed by atoms with Gasteiger partial charge in [0.25, 0.3) is 0 Å². The highest BCUT2D eigenvalue weighted by Gasteiger charge is 2.41. The number of allylic oxidation sites excluding steroid dienone is 1. The fraction of sp³-hybridized carbons (Fsp3) is 0.700. The molecule has 1 aliphatic carbocycles. The Balaban J connectivity index is 2.79. The predicted octanol–water partition coefficient (Wildman–Crippen LogP) is 1.68. The Morgan fingerprint density at radius 2 is 2.50 bits per heavy atom. The normalized spacial score (nSPS) is 36.5. The van der Waals surface area contributed by atoms with E-state index in [0.29, 0.717) is 12.8 Å². The van der Waals surface area contributed by atoms with E-state index in [-0.39, 0.29) is 5.78 Å². The summed E-state index contributed by atoms with van der Waals surface area (Å²) in [5, 5.41) is 9.66. The van der Waals surface area contributed by atoms with Gasteiger partial charge in [0.15, 0.2) is 0 Å². The first-order valence-corrected chi connectivity index (χ1v) is 4.43. The molecule has 0 aromatic carbocycles. The van der Waals surface area contributed by atoms with Gasteiger partial charge in [0.05, 0.1) is 11.5 Å². The Bertz CT molecular complexity index is 198. The molecule has 0 heterocycles. The van der Waals surface area contributed by atoms with Gasteiger partial charge in [-0.15, -0.1) is 6.58 Å². The van der Waals surface area contributed by atoms with E-state index in [4.69, 9.17) is 0 Å². The molecule has 1 aliphatic rings. The molecule has 0 bridgehead atoms. The number of carbonyl (C=O) groups excluding carboxylic acids is 1. The van der Waals surface area contributed by atoms with Crippen LogP contribution >= 0.6 is 0 Å². The van der Waals surface area contributed by atoms with Crippen LogP contribution in [0.15, 0.2) is 12.7 Å². The van der Waals surface area contributed by atoms with Crippen molar-refractivity contribution in [2.45, 2.75) is 38.7 Å². The Kier molecular flexibility index (Phi) is 2.68. The van der Waals surface area contributed by atoms with Crippen LogP contribution in [0.3, 0.4) is 0 Å². The first-order chi connectivity index (χ1) is 5.61. The molecule has 1 rings (SSSR count). The third-order valence-corrected chi connectivity index (χ3v) is 2.82. The Hall–Kier alpha value is -0.630. The molecule has 0 radical (unpaired) electrons. The molecule has 1 saturated carbocycles. The van der Waals surface area contributed by atoms with Crippen molar-refractivity contribution in [3.05, 3.63) is 12.7 Å². The molecule has 2 heteroatoms. The fourth-order valence-electron chi connectivity index (χ4n) is 1.80. The summed E-state index contributed by atoms with van der Waals surface area (Å²) in [7, 11) is 0. The smallest absolute Gasteiger partial charge is 0.141 e. The van der Waals surface area contributed by atoms with Gasteiger partial charge >= 0.3 is 0 Å². The average Bonchev–Trinajstić information content (AvgIpc) is 2.02. The van der Waals surface area contributed by atoms with Gasteiger partial charge in [-0.3, -0.25) is 4.79 Å². The van der Waals surface area contributed by atoms with E-state index in [0.717, 1.165) is 12.8 Å². The fourth-order valence-corrected chi connectivity index (χ4v) is 1.80. The van der Waals surface area contributed by atoms with Crippen molar-refractivity contribution in [1.82, 2.24) is 0 Å². The van der Waals surface area contributed by atoms with Gasteiger partial charge in [-0.05, 0) is 26.2 Å². The molecule has 12 heavy (non-hydrogen) atoms. The number of carbonyl (C=O) groups is 1. The zero-order valence-electron chi connectivity index (χ0n) is 7.55. The lowest BCUT2D eigenvalue weighted by molar-refractivity contribution is -0.138.